The van der Waals surface area contributed by atoms with E-state index < -0.39 is 0 Å². The monoisotopic (exact) mass is 344 g/mol. The van der Waals surface area contributed by atoms with Crippen molar-refractivity contribution in [3.05, 3.63) is 34.1 Å². The second-order valence-corrected chi connectivity index (χ2v) is 5.59. The highest BCUT2D eigenvalue weighted by atomic mass is 79.9. The Morgan fingerprint density at radius 2 is 2.40 bits per heavy atom. The molecular formula is C14H18BrFN2O2. The number of benzene rings is 1. The van der Waals surface area contributed by atoms with Gasteiger partial charge in [-0.2, -0.15) is 0 Å². The third-order valence-electron chi connectivity index (χ3n) is 3.30. The summed E-state index contributed by atoms with van der Waals surface area (Å²) in [5, 5.41) is 3.17. The Morgan fingerprint density at radius 1 is 1.60 bits per heavy atom. The third-order valence-corrected chi connectivity index (χ3v) is 3.79. The van der Waals surface area contributed by atoms with Crippen molar-refractivity contribution in [1.82, 2.24) is 10.2 Å². The molecule has 1 saturated heterocycles. The van der Waals surface area contributed by atoms with Crippen molar-refractivity contribution in [3.8, 4) is 0 Å². The van der Waals surface area contributed by atoms with E-state index in [-0.39, 0.29) is 17.8 Å². The molecule has 110 valence electrons. The number of piperazine rings is 1. The van der Waals surface area contributed by atoms with Crippen molar-refractivity contribution in [2.75, 3.05) is 26.2 Å². The van der Waals surface area contributed by atoms with Crippen LogP contribution in [0.25, 0.3) is 0 Å². The Balaban J connectivity index is 2.10. The normalized spacial score (nSPS) is 19.9. The molecule has 0 bridgehead atoms. The summed E-state index contributed by atoms with van der Waals surface area (Å²) in [6.07, 6.45) is 0. The predicted octanol–water partition coefficient (Wildman–Crippen LogP) is 1.93. The molecule has 0 radical (unpaired) electrons. The van der Waals surface area contributed by atoms with Crippen molar-refractivity contribution < 1.29 is 13.9 Å². The minimum atomic E-state index is -0.355. The summed E-state index contributed by atoms with van der Waals surface area (Å²) in [6.45, 7) is 4.57. The molecule has 1 N–H and O–H groups in total. The molecule has 6 heteroatoms. The zero-order valence-electron chi connectivity index (χ0n) is 11.4. The van der Waals surface area contributed by atoms with Gasteiger partial charge in [0.25, 0.3) is 0 Å². The smallest absolute Gasteiger partial charge is 0.324 e. The van der Waals surface area contributed by atoms with E-state index in [2.05, 4.69) is 21.2 Å². The Bertz CT molecular complexity index is 484. The van der Waals surface area contributed by atoms with E-state index >= 15 is 0 Å². The van der Waals surface area contributed by atoms with Crippen LogP contribution in [-0.4, -0.2) is 43.2 Å². The van der Waals surface area contributed by atoms with Crippen molar-refractivity contribution in [1.29, 1.82) is 0 Å². The molecule has 0 amide bonds. The largest absolute Gasteiger partial charge is 0.465 e. The second-order valence-electron chi connectivity index (χ2n) is 4.68. The van der Waals surface area contributed by atoms with Gasteiger partial charge in [-0.15, -0.1) is 0 Å². The molecule has 20 heavy (non-hydrogen) atoms. The summed E-state index contributed by atoms with van der Waals surface area (Å²) >= 11 is 3.24. The number of nitrogens with one attached hydrogen (secondary N) is 1. The van der Waals surface area contributed by atoms with Gasteiger partial charge >= 0.3 is 5.97 Å². The number of hydrogen-bond acceptors (Lipinski definition) is 4. The van der Waals surface area contributed by atoms with Crippen molar-refractivity contribution in [3.63, 3.8) is 0 Å². The first kappa shape index (κ1) is 15.4. The van der Waals surface area contributed by atoms with E-state index in [9.17, 15) is 9.18 Å². The molecule has 2 rings (SSSR count). The molecule has 0 saturated carbocycles. The molecule has 1 heterocycles. The molecule has 1 aromatic carbocycles. The Morgan fingerprint density at radius 3 is 3.10 bits per heavy atom. The first-order valence-corrected chi connectivity index (χ1v) is 7.46. The van der Waals surface area contributed by atoms with Gasteiger partial charge in [-0.3, -0.25) is 9.69 Å². The lowest BCUT2D eigenvalue weighted by molar-refractivity contribution is -0.150. The van der Waals surface area contributed by atoms with E-state index in [1.165, 1.54) is 6.07 Å². The fourth-order valence-electron chi connectivity index (χ4n) is 2.28. The predicted molar refractivity (Wildman–Crippen MR) is 77.8 cm³/mol. The number of ether oxygens (including phenoxy) is 1. The summed E-state index contributed by atoms with van der Waals surface area (Å²) in [5.41, 5.74) is 0.587. The Hall–Kier alpha value is -0.980. The summed E-state index contributed by atoms with van der Waals surface area (Å²) in [5.74, 6) is -0.516. The average molecular weight is 345 g/mol. The van der Waals surface area contributed by atoms with Gasteiger partial charge in [-0.1, -0.05) is 22.0 Å². The van der Waals surface area contributed by atoms with E-state index in [1.807, 2.05) is 4.90 Å². The summed E-state index contributed by atoms with van der Waals surface area (Å²) in [6, 6.07) is 4.63. The molecule has 1 aliphatic rings. The molecule has 1 unspecified atom stereocenters. The number of hydrogen-bond donors (Lipinski definition) is 1. The molecule has 0 spiro atoms. The molecule has 1 fully saturated rings. The summed E-state index contributed by atoms with van der Waals surface area (Å²) in [4.78, 5) is 13.9. The van der Waals surface area contributed by atoms with Crippen LogP contribution in [0.4, 0.5) is 4.39 Å². The highest BCUT2D eigenvalue weighted by Gasteiger charge is 2.30. The molecule has 1 aliphatic heterocycles. The summed E-state index contributed by atoms with van der Waals surface area (Å²) in [7, 11) is 0. The highest BCUT2D eigenvalue weighted by Crippen LogP contribution is 2.18. The van der Waals surface area contributed by atoms with Crippen LogP contribution < -0.4 is 5.32 Å². The minimum absolute atomic E-state index is 0.253. The van der Waals surface area contributed by atoms with Crippen molar-refractivity contribution >= 4 is 21.9 Å². The van der Waals surface area contributed by atoms with E-state index in [0.717, 1.165) is 6.54 Å². The SMILES string of the molecule is CCOC(=O)C1CNCCN1Cc1ccc(Br)cc1F. The van der Waals surface area contributed by atoms with Crippen LogP contribution in [-0.2, 0) is 16.1 Å². The van der Waals surface area contributed by atoms with Gasteiger partial charge in [-0.05, 0) is 19.1 Å². The maximum atomic E-state index is 13.9. The van der Waals surface area contributed by atoms with Crippen LogP contribution >= 0.6 is 15.9 Å². The van der Waals surface area contributed by atoms with Crippen molar-refractivity contribution in [2.24, 2.45) is 0 Å². The lowest BCUT2D eigenvalue weighted by Crippen LogP contribution is -2.54. The van der Waals surface area contributed by atoms with Gasteiger partial charge in [0.05, 0.1) is 6.61 Å². The lowest BCUT2D eigenvalue weighted by Gasteiger charge is -2.34. The molecule has 0 aliphatic carbocycles. The van der Waals surface area contributed by atoms with Gasteiger partial charge in [0, 0.05) is 36.2 Å². The Kier molecular flexibility index (Phi) is 5.51. The summed E-state index contributed by atoms with van der Waals surface area (Å²) < 4.78 is 19.7. The van der Waals surface area contributed by atoms with Crippen LogP contribution in [0, 0.1) is 5.82 Å². The first-order valence-electron chi connectivity index (χ1n) is 6.67. The van der Waals surface area contributed by atoms with Gasteiger partial charge in [0.2, 0.25) is 0 Å². The van der Waals surface area contributed by atoms with Crippen LogP contribution in [0.2, 0.25) is 0 Å². The maximum absolute atomic E-state index is 13.9. The number of rotatable bonds is 4. The van der Waals surface area contributed by atoms with Gasteiger partial charge in [-0.25, -0.2) is 4.39 Å². The maximum Gasteiger partial charge on any atom is 0.324 e. The number of carbonyl (C=O) groups excluding carboxylic acids is 1. The van der Waals surface area contributed by atoms with Crippen LogP contribution in [0.5, 0.6) is 0 Å². The number of nitrogens with zero attached hydrogens (tertiary/aromatic N) is 1. The molecule has 1 aromatic rings. The van der Waals surface area contributed by atoms with Gasteiger partial charge < -0.3 is 10.1 Å². The quantitative estimate of drug-likeness (QED) is 0.847. The number of esters is 1. The average Bonchev–Trinajstić information content (AvgIpc) is 2.43. The third kappa shape index (κ3) is 3.77. The molecule has 1 atom stereocenters. The first-order chi connectivity index (χ1) is 9.61. The number of halogens is 2. The minimum Gasteiger partial charge on any atom is -0.465 e. The fourth-order valence-corrected chi connectivity index (χ4v) is 2.61. The van der Waals surface area contributed by atoms with Crippen LogP contribution in [0.1, 0.15) is 12.5 Å². The van der Waals surface area contributed by atoms with Crippen molar-refractivity contribution in [2.45, 2.75) is 19.5 Å². The Labute approximate surface area is 126 Å². The van der Waals surface area contributed by atoms with Crippen LogP contribution in [0.15, 0.2) is 22.7 Å². The molecule has 0 aromatic heterocycles. The second kappa shape index (κ2) is 7.15. The highest BCUT2D eigenvalue weighted by molar-refractivity contribution is 9.10. The van der Waals surface area contributed by atoms with Gasteiger partial charge in [0.15, 0.2) is 0 Å². The molecule has 4 nitrogen and oxygen atoms in total. The van der Waals surface area contributed by atoms with Crippen LogP contribution in [0.3, 0.4) is 0 Å². The fraction of sp³-hybridized carbons (Fsp3) is 0.500. The standard InChI is InChI=1S/C14H18BrFN2O2/c1-2-20-14(19)13-8-17-5-6-18(13)9-10-3-4-11(15)7-12(10)16/h3-4,7,13,17H,2,5-6,8-9H2,1H3. The lowest BCUT2D eigenvalue weighted by atomic mass is 10.1. The number of carbonyl (C=O) groups is 1. The van der Waals surface area contributed by atoms with Gasteiger partial charge in [0.1, 0.15) is 11.9 Å². The molecular weight excluding hydrogens is 327 g/mol. The van der Waals surface area contributed by atoms with E-state index in [1.54, 1.807) is 19.1 Å². The zero-order valence-corrected chi connectivity index (χ0v) is 13.0. The van der Waals surface area contributed by atoms with E-state index in [4.69, 9.17) is 4.74 Å². The topological polar surface area (TPSA) is 41.6 Å². The zero-order chi connectivity index (χ0) is 14.5. The van der Waals surface area contributed by atoms with E-state index in [0.29, 0.717) is 36.3 Å².